The minimum atomic E-state index is -0.0486. The van der Waals surface area contributed by atoms with Crippen molar-refractivity contribution >= 4 is 22.2 Å². The van der Waals surface area contributed by atoms with Crippen LogP contribution in [0.4, 0.5) is 5.00 Å². The first-order valence-corrected chi connectivity index (χ1v) is 6.84. The van der Waals surface area contributed by atoms with E-state index in [4.69, 9.17) is 10.5 Å². The number of nitrogens with one attached hydrogen (secondary N) is 1. The van der Waals surface area contributed by atoms with Crippen molar-refractivity contribution in [3.63, 3.8) is 0 Å². The van der Waals surface area contributed by atoms with Gasteiger partial charge in [0, 0.05) is 19.1 Å². The van der Waals surface area contributed by atoms with Gasteiger partial charge in [0.15, 0.2) is 0 Å². The molecule has 0 spiro atoms. The van der Waals surface area contributed by atoms with Crippen molar-refractivity contribution < 1.29 is 9.53 Å². The highest BCUT2D eigenvalue weighted by molar-refractivity contribution is 7.14. The summed E-state index contributed by atoms with van der Waals surface area (Å²) in [6.45, 7) is 4.19. The summed E-state index contributed by atoms with van der Waals surface area (Å²) in [7, 11) is 0. The maximum atomic E-state index is 12.0. The van der Waals surface area contributed by atoms with Crippen LogP contribution in [0.25, 0.3) is 0 Å². The van der Waals surface area contributed by atoms with Crippen LogP contribution in [0.1, 0.15) is 41.6 Å². The lowest BCUT2D eigenvalue weighted by molar-refractivity contribution is 0.0953. The smallest absolute Gasteiger partial charge is 0.254 e. The molecule has 0 bridgehead atoms. The third-order valence-corrected chi connectivity index (χ3v) is 3.81. The predicted octanol–water partition coefficient (Wildman–Crippen LogP) is 1.97. The first-order chi connectivity index (χ1) is 8.24. The van der Waals surface area contributed by atoms with E-state index in [0.717, 1.165) is 25.0 Å². The third kappa shape index (κ3) is 2.61. The van der Waals surface area contributed by atoms with Crippen LogP contribution in [-0.4, -0.2) is 25.7 Å². The molecule has 2 rings (SSSR count). The molecule has 1 amide bonds. The molecular weight excluding hydrogens is 236 g/mol. The van der Waals surface area contributed by atoms with Crippen molar-refractivity contribution in [2.45, 2.75) is 25.7 Å². The second-order valence-corrected chi connectivity index (χ2v) is 5.16. The molecule has 5 heteroatoms. The summed E-state index contributed by atoms with van der Waals surface area (Å²) in [6, 6.07) is 0. The van der Waals surface area contributed by atoms with Gasteiger partial charge in [-0.1, -0.05) is 6.92 Å². The van der Waals surface area contributed by atoms with E-state index in [0.29, 0.717) is 29.6 Å². The van der Waals surface area contributed by atoms with Crippen molar-refractivity contribution in [2.75, 3.05) is 25.5 Å². The predicted molar refractivity (Wildman–Crippen MR) is 69.5 cm³/mol. The fourth-order valence-corrected chi connectivity index (χ4v) is 2.93. The van der Waals surface area contributed by atoms with E-state index in [2.05, 4.69) is 5.32 Å². The van der Waals surface area contributed by atoms with E-state index in [1.165, 1.54) is 11.3 Å². The maximum Gasteiger partial charge on any atom is 0.254 e. The molecule has 1 atom stereocenters. The van der Waals surface area contributed by atoms with Crippen LogP contribution in [0.2, 0.25) is 0 Å². The number of amides is 1. The molecule has 0 aromatic carbocycles. The molecule has 3 N–H and O–H groups in total. The number of rotatable bonds is 4. The second kappa shape index (κ2) is 5.51. The molecule has 1 fully saturated rings. The molecule has 17 heavy (non-hydrogen) atoms. The minimum absolute atomic E-state index is 0.0486. The van der Waals surface area contributed by atoms with Crippen LogP contribution in [0.3, 0.4) is 0 Å². The van der Waals surface area contributed by atoms with Crippen LogP contribution in [-0.2, 0) is 4.74 Å². The lowest BCUT2D eigenvalue weighted by Gasteiger charge is -2.10. The highest BCUT2D eigenvalue weighted by atomic mass is 32.1. The summed E-state index contributed by atoms with van der Waals surface area (Å²) in [5, 5.41) is 5.49. The van der Waals surface area contributed by atoms with Crippen molar-refractivity contribution in [3.05, 3.63) is 16.5 Å². The summed E-state index contributed by atoms with van der Waals surface area (Å²) in [5.41, 5.74) is 7.62. The van der Waals surface area contributed by atoms with Gasteiger partial charge in [-0.3, -0.25) is 4.79 Å². The average molecular weight is 254 g/mol. The summed E-state index contributed by atoms with van der Waals surface area (Å²) < 4.78 is 5.37. The van der Waals surface area contributed by atoms with E-state index in [-0.39, 0.29) is 5.91 Å². The van der Waals surface area contributed by atoms with Crippen LogP contribution in [0.15, 0.2) is 5.38 Å². The molecule has 1 unspecified atom stereocenters. The largest absolute Gasteiger partial charge is 0.390 e. The van der Waals surface area contributed by atoms with E-state index < -0.39 is 0 Å². The summed E-state index contributed by atoms with van der Waals surface area (Å²) in [6.07, 6.45) is 1.90. The second-order valence-electron chi connectivity index (χ2n) is 4.25. The van der Waals surface area contributed by atoms with Crippen LogP contribution in [0.5, 0.6) is 0 Å². The van der Waals surface area contributed by atoms with Gasteiger partial charge >= 0.3 is 0 Å². The van der Waals surface area contributed by atoms with Crippen LogP contribution >= 0.6 is 11.3 Å². The van der Waals surface area contributed by atoms with E-state index >= 15 is 0 Å². The normalized spacial score (nSPS) is 19.5. The number of carbonyl (C=O) groups is 1. The van der Waals surface area contributed by atoms with Crippen molar-refractivity contribution in [3.8, 4) is 0 Å². The molecule has 1 aromatic heterocycles. The van der Waals surface area contributed by atoms with E-state index in [1.54, 1.807) is 0 Å². The third-order valence-electron chi connectivity index (χ3n) is 2.98. The molecule has 4 nitrogen and oxygen atoms in total. The molecule has 1 saturated heterocycles. The number of hydrogen-bond acceptors (Lipinski definition) is 4. The molecule has 94 valence electrons. The van der Waals surface area contributed by atoms with Gasteiger partial charge in [-0.2, -0.15) is 0 Å². The average Bonchev–Trinajstić information content (AvgIpc) is 2.94. The molecular formula is C12H18N2O2S. The zero-order valence-corrected chi connectivity index (χ0v) is 10.8. The zero-order chi connectivity index (χ0) is 12.3. The van der Waals surface area contributed by atoms with Gasteiger partial charge in [-0.25, -0.2) is 0 Å². The lowest BCUT2D eigenvalue weighted by atomic mass is 9.97. The quantitative estimate of drug-likeness (QED) is 0.863. The first kappa shape index (κ1) is 12.4. The Morgan fingerprint density at radius 3 is 3.18 bits per heavy atom. The van der Waals surface area contributed by atoms with Crippen molar-refractivity contribution in [1.82, 2.24) is 5.32 Å². The first-order valence-electron chi connectivity index (χ1n) is 5.96. The Morgan fingerprint density at radius 1 is 1.71 bits per heavy atom. The van der Waals surface area contributed by atoms with E-state index in [1.807, 2.05) is 12.3 Å². The molecule has 2 heterocycles. The van der Waals surface area contributed by atoms with Crippen LogP contribution < -0.4 is 11.1 Å². The Balaban J connectivity index is 2.19. The zero-order valence-electron chi connectivity index (χ0n) is 9.99. The van der Waals surface area contributed by atoms with Gasteiger partial charge in [-0.05, 0) is 23.8 Å². The minimum Gasteiger partial charge on any atom is -0.390 e. The fraction of sp³-hybridized carbons (Fsp3) is 0.583. The Morgan fingerprint density at radius 2 is 2.53 bits per heavy atom. The molecule has 1 aromatic rings. The molecule has 1 aliphatic heterocycles. The Labute approximate surface area is 105 Å². The Bertz CT molecular complexity index is 397. The number of hydrogen-bond donors (Lipinski definition) is 2. The van der Waals surface area contributed by atoms with Gasteiger partial charge in [0.2, 0.25) is 0 Å². The van der Waals surface area contributed by atoms with Crippen molar-refractivity contribution in [2.24, 2.45) is 0 Å². The monoisotopic (exact) mass is 254 g/mol. The SMILES string of the molecule is CCCNC(=O)c1c(C2CCOC2)csc1N. The van der Waals surface area contributed by atoms with Crippen LogP contribution in [0, 0.1) is 0 Å². The van der Waals surface area contributed by atoms with E-state index in [9.17, 15) is 4.79 Å². The van der Waals surface area contributed by atoms with Crippen molar-refractivity contribution in [1.29, 1.82) is 0 Å². The fourth-order valence-electron chi connectivity index (χ4n) is 2.04. The highest BCUT2D eigenvalue weighted by Crippen LogP contribution is 2.34. The molecule has 0 saturated carbocycles. The van der Waals surface area contributed by atoms with Gasteiger partial charge in [0.05, 0.1) is 17.2 Å². The number of anilines is 1. The summed E-state index contributed by atoms with van der Waals surface area (Å²) in [4.78, 5) is 12.0. The highest BCUT2D eigenvalue weighted by Gasteiger charge is 2.26. The van der Waals surface area contributed by atoms with Gasteiger partial charge in [0.25, 0.3) is 5.91 Å². The molecule has 0 aliphatic carbocycles. The number of ether oxygens (including phenoxy) is 1. The molecule has 1 aliphatic rings. The number of carbonyl (C=O) groups excluding carboxylic acids is 1. The van der Waals surface area contributed by atoms with Gasteiger partial charge < -0.3 is 15.8 Å². The summed E-state index contributed by atoms with van der Waals surface area (Å²) in [5.74, 6) is 0.276. The number of thiophene rings is 1. The number of nitrogens with two attached hydrogens (primary N) is 1. The van der Waals surface area contributed by atoms with Gasteiger partial charge in [-0.15, -0.1) is 11.3 Å². The van der Waals surface area contributed by atoms with Gasteiger partial charge in [0.1, 0.15) is 0 Å². The lowest BCUT2D eigenvalue weighted by Crippen LogP contribution is -2.25. The number of nitrogen functional groups attached to an aromatic ring is 1. The maximum absolute atomic E-state index is 12.0. The Kier molecular flexibility index (Phi) is 4.02. The summed E-state index contributed by atoms with van der Waals surface area (Å²) >= 11 is 1.44. The topological polar surface area (TPSA) is 64.3 Å². The molecule has 0 radical (unpaired) electrons. The standard InChI is InChI=1S/C12H18N2O2S/c1-2-4-14-12(15)10-9(7-17-11(10)13)8-3-5-16-6-8/h7-8H,2-6,13H2,1H3,(H,14,15). The Hall–Kier alpha value is -1.07.